The second-order valence-corrected chi connectivity index (χ2v) is 7.64. The van der Waals surface area contributed by atoms with Gasteiger partial charge in [0.05, 0.1) is 0 Å². The van der Waals surface area contributed by atoms with Gasteiger partial charge in [0.25, 0.3) is 0 Å². The Morgan fingerprint density at radius 3 is 2.62 bits per heavy atom. The first kappa shape index (κ1) is 18.5. The Kier molecular flexibility index (Phi) is 7.16. The molecule has 0 amide bonds. The number of alkyl halides is 3. The molecule has 1 rings (SSSR count). The highest BCUT2D eigenvalue weighted by atomic mass is 32.2. The van der Waals surface area contributed by atoms with E-state index in [4.69, 9.17) is 0 Å². The van der Waals surface area contributed by atoms with Crippen molar-refractivity contribution in [3.63, 3.8) is 0 Å². The van der Waals surface area contributed by atoms with Gasteiger partial charge in [-0.15, -0.1) is 0 Å². The summed E-state index contributed by atoms with van der Waals surface area (Å²) in [5.41, 5.74) is 0. The van der Waals surface area contributed by atoms with Crippen LogP contribution in [0.3, 0.4) is 0 Å². The number of thioether (sulfide) groups is 1. The third-order valence-corrected chi connectivity index (χ3v) is 4.49. The molecule has 1 N–H and O–H groups in total. The third-order valence-electron chi connectivity index (χ3n) is 3.19. The van der Waals surface area contributed by atoms with Gasteiger partial charge in [0.15, 0.2) is 5.96 Å². The number of guanidine groups is 1. The highest BCUT2D eigenvalue weighted by molar-refractivity contribution is 8.00. The van der Waals surface area contributed by atoms with E-state index in [1.807, 2.05) is 18.7 Å². The Balaban J connectivity index is 2.46. The van der Waals surface area contributed by atoms with Crippen LogP contribution in [0.25, 0.3) is 0 Å². The van der Waals surface area contributed by atoms with E-state index in [1.165, 1.54) is 0 Å². The molecule has 1 saturated heterocycles. The minimum Gasteiger partial charge on any atom is -0.357 e. The molecular formula is C14H26F3N3S. The second kappa shape index (κ2) is 8.15. The summed E-state index contributed by atoms with van der Waals surface area (Å²) < 4.78 is 36.4. The summed E-state index contributed by atoms with van der Waals surface area (Å²) in [4.78, 5) is 6.69. The van der Waals surface area contributed by atoms with Crippen molar-refractivity contribution < 1.29 is 13.2 Å². The van der Waals surface area contributed by atoms with E-state index in [9.17, 15) is 13.2 Å². The smallest absolute Gasteiger partial charge is 0.357 e. The Labute approximate surface area is 129 Å². The van der Waals surface area contributed by atoms with Crippen molar-refractivity contribution in [2.75, 3.05) is 31.9 Å². The van der Waals surface area contributed by atoms with E-state index in [-0.39, 0.29) is 11.2 Å². The fourth-order valence-corrected chi connectivity index (χ4v) is 3.36. The molecule has 0 saturated carbocycles. The molecule has 0 bridgehead atoms. The molecule has 3 nitrogen and oxygen atoms in total. The van der Waals surface area contributed by atoms with Crippen LogP contribution >= 0.6 is 11.8 Å². The van der Waals surface area contributed by atoms with Crippen molar-refractivity contribution in [1.29, 1.82) is 0 Å². The predicted molar refractivity (Wildman–Crippen MR) is 84.0 cm³/mol. The van der Waals surface area contributed by atoms with Gasteiger partial charge in [0.2, 0.25) is 0 Å². The molecule has 1 heterocycles. The topological polar surface area (TPSA) is 27.6 Å². The van der Waals surface area contributed by atoms with Crippen LogP contribution in [0.1, 0.15) is 40.0 Å². The van der Waals surface area contributed by atoms with Crippen LogP contribution in [0, 0.1) is 0 Å². The zero-order chi connectivity index (χ0) is 15.9. The standard InChI is InChI=1S/C14H26F3N3S/c1-4-18-12(19-8-6-5-7-14(15,16)17)20-9-10-21-13(2,3)11-20/h4-11H2,1-3H3,(H,18,19). The Hall–Kier alpha value is -0.590. The molecule has 7 heteroatoms. The van der Waals surface area contributed by atoms with Gasteiger partial charge in [0.1, 0.15) is 0 Å². The van der Waals surface area contributed by atoms with Crippen molar-refractivity contribution in [1.82, 2.24) is 10.2 Å². The molecular weight excluding hydrogens is 299 g/mol. The molecule has 0 aromatic heterocycles. The van der Waals surface area contributed by atoms with Gasteiger partial charge < -0.3 is 10.2 Å². The minimum atomic E-state index is -4.05. The van der Waals surface area contributed by atoms with E-state index in [0.29, 0.717) is 13.0 Å². The number of nitrogens with zero attached hydrogens (tertiary/aromatic N) is 2. The fraction of sp³-hybridized carbons (Fsp3) is 0.929. The summed E-state index contributed by atoms with van der Waals surface area (Å²) in [7, 11) is 0. The van der Waals surface area contributed by atoms with Gasteiger partial charge in [0, 0.05) is 43.1 Å². The number of hydrogen-bond acceptors (Lipinski definition) is 2. The monoisotopic (exact) mass is 325 g/mol. The first-order valence-corrected chi connectivity index (χ1v) is 8.46. The Morgan fingerprint density at radius 1 is 1.33 bits per heavy atom. The van der Waals surface area contributed by atoms with Gasteiger partial charge in [-0.1, -0.05) is 0 Å². The molecule has 1 fully saturated rings. The predicted octanol–water partition coefficient (Wildman–Crippen LogP) is 3.51. The van der Waals surface area contributed by atoms with Crippen molar-refractivity contribution >= 4 is 17.7 Å². The van der Waals surface area contributed by atoms with Gasteiger partial charge in [-0.3, -0.25) is 4.99 Å². The summed E-state index contributed by atoms with van der Waals surface area (Å²) >= 11 is 1.94. The largest absolute Gasteiger partial charge is 0.389 e. The van der Waals surface area contributed by atoms with Crippen LogP contribution in [-0.4, -0.2) is 53.7 Å². The summed E-state index contributed by atoms with van der Waals surface area (Å²) in [5.74, 6) is 1.88. The van der Waals surface area contributed by atoms with E-state index < -0.39 is 12.6 Å². The van der Waals surface area contributed by atoms with Gasteiger partial charge in [-0.05, 0) is 33.6 Å². The number of halogens is 3. The Morgan fingerprint density at radius 2 is 2.05 bits per heavy atom. The van der Waals surface area contributed by atoms with Crippen molar-refractivity contribution in [3.05, 3.63) is 0 Å². The molecule has 1 aliphatic rings. The maximum absolute atomic E-state index is 12.1. The van der Waals surface area contributed by atoms with Crippen LogP contribution < -0.4 is 5.32 Å². The molecule has 0 unspecified atom stereocenters. The van der Waals surface area contributed by atoms with Crippen LogP contribution in [0.5, 0.6) is 0 Å². The maximum atomic E-state index is 12.1. The summed E-state index contributed by atoms with van der Waals surface area (Å²) in [5, 5.41) is 3.24. The first-order valence-electron chi connectivity index (χ1n) is 7.47. The van der Waals surface area contributed by atoms with Gasteiger partial charge >= 0.3 is 6.18 Å². The van der Waals surface area contributed by atoms with Gasteiger partial charge in [-0.25, -0.2) is 0 Å². The zero-order valence-corrected chi connectivity index (χ0v) is 13.9. The lowest BCUT2D eigenvalue weighted by Crippen LogP contribution is -2.51. The molecule has 0 spiro atoms. The lowest BCUT2D eigenvalue weighted by molar-refractivity contribution is -0.135. The van der Waals surface area contributed by atoms with E-state index >= 15 is 0 Å². The van der Waals surface area contributed by atoms with Crippen molar-refractivity contribution in [2.24, 2.45) is 4.99 Å². The summed E-state index contributed by atoms with van der Waals surface area (Å²) in [6.45, 7) is 9.47. The number of unbranched alkanes of at least 4 members (excludes halogenated alkanes) is 1. The third kappa shape index (κ3) is 7.83. The molecule has 124 valence electrons. The number of aliphatic imine (C=N–C) groups is 1. The van der Waals surface area contributed by atoms with Gasteiger partial charge in [-0.2, -0.15) is 24.9 Å². The summed E-state index contributed by atoms with van der Waals surface area (Å²) in [6.07, 6.45) is -4.15. The highest BCUT2D eigenvalue weighted by Gasteiger charge is 2.29. The number of nitrogens with one attached hydrogen (secondary N) is 1. The van der Waals surface area contributed by atoms with Crippen LogP contribution in [0.15, 0.2) is 4.99 Å². The van der Waals surface area contributed by atoms with Crippen LogP contribution in [0.4, 0.5) is 13.2 Å². The lowest BCUT2D eigenvalue weighted by Gasteiger charge is -2.39. The normalized spacial score (nSPS) is 19.7. The van der Waals surface area contributed by atoms with Crippen LogP contribution in [0.2, 0.25) is 0 Å². The minimum absolute atomic E-state index is 0.147. The quantitative estimate of drug-likeness (QED) is 0.476. The number of rotatable bonds is 5. The second-order valence-electron chi connectivity index (χ2n) is 5.84. The molecule has 0 aliphatic carbocycles. The fourth-order valence-electron chi connectivity index (χ4n) is 2.25. The molecule has 21 heavy (non-hydrogen) atoms. The zero-order valence-electron chi connectivity index (χ0n) is 13.1. The van der Waals surface area contributed by atoms with Crippen molar-refractivity contribution in [3.8, 4) is 0 Å². The summed E-state index contributed by atoms with van der Waals surface area (Å²) in [6, 6.07) is 0. The molecule has 0 atom stereocenters. The average molecular weight is 325 g/mol. The first-order chi connectivity index (χ1) is 9.73. The van der Waals surface area contributed by atoms with Crippen LogP contribution in [-0.2, 0) is 0 Å². The van der Waals surface area contributed by atoms with E-state index in [1.54, 1.807) is 0 Å². The maximum Gasteiger partial charge on any atom is 0.389 e. The number of hydrogen-bond donors (Lipinski definition) is 1. The molecule has 0 aromatic carbocycles. The molecule has 1 aliphatic heterocycles. The Bertz CT molecular complexity index is 343. The average Bonchev–Trinajstić information content (AvgIpc) is 2.34. The molecule has 0 aromatic rings. The van der Waals surface area contributed by atoms with Crippen molar-refractivity contribution in [2.45, 2.75) is 51.0 Å². The highest BCUT2D eigenvalue weighted by Crippen LogP contribution is 2.29. The SMILES string of the molecule is CCNC(=NCCCCC(F)(F)F)N1CCSC(C)(C)C1. The van der Waals surface area contributed by atoms with E-state index in [2.05, 4.69) is 29.1 Å². The molecule has 0 radical (unpaired) electrons. The van der Waals surface area contributed by atoms with E-state index in [0.717, 1.165) is 31.3 Å². The lowest BCUT2D eigenvalue weighted by atomic mass is 10.2.